The van der Waals surface area contributed by atoms with E-state index >= 15 is 0 Å². The summed E-state index contributed by atoms with van der Waals surface area (Å²) in [6.45, 7) is 2.34. The highest BCUT2D eigenvalue weighted by atomic mass is 32.2. The molecule has 1 N–H and O–H groups in total. The van der Waals surface area contributed by atoms with Crippen LogP contribution in [0.25, 0.3) is 10.6 Å². The molecule has 0 saturated carbocycles. The third-order valence-electron chi connectivity index (χ3n) is 4.87. The molecule has 1 atom stereocenters. The molecule has 2 aromatic heterocycles. The summed E-state index contributed by atoms with van der Waals surface area (Å²) >= 11 is 1.52. The molecule has 1 aliphatic heterocycles. The van der Waals surface area contributed by atoms with Crippen molar-refractivity contribution in [3.05, 3.63) is 65.2 Å². The van der Waals surface area contributed by atoms with Crippen LogP contribution in [0, 0.1) is 0 Å². The van der Waals surface area contributed by atoms with Crippen molar-refractivity contribution < 1.29 is 13.2 Å². The molecule has 0 unspecified atom stereocenters. The summed E-state index contributed by atoms with van der Waals surface area (Å²) in [4.78, 5) is 13.9. The monoisotopic (exact) mass is 415 g/mol. The molecule has 0 aliphatic carbocycles. The lowest BCUT2D eigenvalue weighted by Gasteiger charge is -2.23. The van der Waals surface area contributed by atoms with E-state index < -0.39 is 15.4 Å². The van der Waals surface area contributed by atoms with Gasteiger partial charge in [-0.1, -0.05) is 36.4 Å². The zero-order chi connectivity index (χ0) is 19.8. The molecule has 146 valence electrons. The van der Waals surface area contributed by atoms with Gasteiger partial charge in [0.1, 0.15) is 5.69 Å². The molecule has 1 aliphatic rings. The molecule has 0 bridgehead atoms. The smallest absolute Gasteiger partial charge is 0.255 e. The van der Waals surface area contributed by atoms with E-state index in [1.807, 2.05) is 47.8 Å². The Kier molecular flexibility index (Phi) is 4.84. The fourth-order valence-electron chi connectivity index (χ4n) is 3.48. The van der Waals surface area contributed by atoms with Gasteiger partial charge in [-0.25, -0.2) is 8.42 Å². The summed E-state index contributed by atoms with van der Waals surface area (Å²) < 4.78 is 25.5. The van der Waals surface area contributed by atoms with Gasteiger partial charge in [0.25, 0.3) is 5.91 Å². The Morgan fingerprint density at radius 1 is 1.25 bits per heavy atom. The van der Waals surface area contributed by atoms with E-state index in [4.69, 9.17) is 0 Å². The molecule has 6 nitrogen and oxygen atoms in total. The van der Waals surface area contributed by atoms with Gasteiger partial charge in [0, 0.05) is 6.20 Å². The topological polar surface area (TPSA) is 81.1 Å². The van der Waals surface area contributed by atoms with Crippen molar-refractivity contribution in [3.63, 3.8) is 0 Å². The number of thiophene rings is 1. The standard InChI is InChI=1S/C20H21N3O3S2/c1-20(9-11-28(25,26)14-20)21-19(24)16-13-23(12-15-6-3-2-4-7-15)22-18(16)17-8-5-10-27-17/h2-8,10,13H,9,11-12,14H2,1H3,(H,21,24)/t20-/m0/s1. The van der Waals surface area contributed by atoms with Gasteiger partial charge in [-0.3, -0.25) is 9.48 Å². The predicted octanol–water partition coefficient (Wildman–Crippen LogP) is 2.97. The van der Waals surface area contributed by atoms with Crippen LogP contribution in [-0.2, 0) is 16.4 Å². The van der Waals surface area contributed by atoms with Crippen LogP contribution >= 0.6 is 11.3 Å². The van der Waals surface area contributed by atoms with Gasteiger partial charge in [0.15, 0.2) is 9.84 Å². The molecule has 28 heavy (non-hydrogen) atoms. The second-order valence-corrected chi connectivity index (χ2v) is 10.5. The van der Waals surface area contributed by atoms with Crippen molar-refractivity contribution in [3.8, 4) is 10.6 Å². The van der Waals surface area contributed by atoms with Gasteiger partial charge in [0.2, 0.25) is 0 Å². The van der Waals surface area contributed by atoms with Crippen molar-refractivity contribution in [2.75, 3.05) is 11.5 Å². The number of amides is 1. The zero-order valence-corrected chi connectivity index (χ0v) is 17.1. The lowest BCUT2D eigenvalue weighted by molar-refractivity contribution is 0.0916. The van der Waals surface area contributed by atoms with Gasteiger partial charge in [0.05, 0.1) is 34.0 Å². The Balaban J connectivity index is 1.64. The molecule has 4 rings (SSSR count). The van der Waals surface area contributed by atoms with Crippen LogP contribution in [0.4, 0.5) is 0 Å². The van der Waals surface area contributed by atoms with E-state index in [-0.39, 0.29) is 17.4 Å². The Hall–Kier alpha value is -2.45. The number of nitrogens with zero attached hydrogens (tertiary/aromatic N) is 2. The number of nitrogens with one attached hydrogen (secondary N) is 1. The minimum atomic E-state index is -3.10. The Morgan fingerprint density at radius 2 is 2.04 bits per heavy atom. The molecular formula is C20H21N3O3S2. The Bertz CT molecular complexity index is 1090. The zero-order valence-electron chi connectivity index (χ0n) is 15.5. The normalized spacial score (nSPS) is 20.9. The van der Waals surface area contributed by atoms with Crippen molar-refractivity contribution in [1.82, 2.24) is 15.1 Å². The third kappa shape index (κ3) is 4.02. The molecule has 1 aromatic carbocycles. The Labute approximate surface area is 168 Å². The van der Waals surface area contributed by atoms with Gasteiger partial charge >= 0.3 is 0 Å². The minimum absolute atomic E-state index is 0.0295. The lowest BCUT2D eigenvalue weighted by atomic mass is 10.0. The van der Waals surface area contributed by atoms with Crippen molar-refractivity contribution in [2.45, 2.75) is 25.4 Å². The van der Waals surface area contributed by atoms with Gasteiger partial charge in [-0.2, -0.15) is 5.10 Å². The first kappa shape index (κ1) is 18.9. The van der Waals surface area contributed by atoms with Crippen LogP contribution in [-0.4, -0.2) is 41.2 Å². The first-order chi connectivity index (χ1) is 13.3. The molecule has 8 heteroatoms. The quantitative estimate of drug-likeness (QED) is 0.695. The first-order valence-corrected chi connectivity index (χ1v) is 11.7. The van der Waals surface area contributed by atoms with Crippen molar-refractivity contribution in [2.24, 2.45) is 0 Å². The summed E-state index contributed by atoms with van der Waals surface area (Å²) in [6.07, 6.45) is 2.16. The highest BCUT2D eigenvalue weighted by Gasteiger charge is 2.40. The number of hydrogen-bond donors (Lipinski definition) is 1. The molecule has 3 heterocycles. The SMILES string of the molecule is C[C@]1(NC(=O)c2cn(Cc3ccccc3)nc2-c2cccs2)CCS(=O)(=O)C1. The van der Waals surface area contributed by atoms with E-state index in [2.05, 4.69) is 10.4 Å². The maximum Gasteiger partial charge on any atom is 0.255 e. The van der Waals surface area contributed by atoms with E-state index in [9.17, 15) is 13.2 Å². The summed E-state index contributed by atoms with van der Waals surface area (Å²) in [5.74, 6) is -0.213. The van der Waals surface area contributed by atoms with Crippen LogP contribution < -0.4 is 5.32 Å². The highest BCUT2D eigenvalue weighted by Crippen LogP contribution is 2.29. The maximum absolute atomic E-state index is 13.0. The largest absolute Gasteiger partial charge is 0.346 e. The van der Waals surface area contributed by atoms with Crippen molar-refractivity contribution in [1.29, 1.82) is 0 Å². The maximum atomic E-state index is 13.0. The average Bonchev–Trinajstić information content (AvgIpc) is 3.35. The van der Waals surface area contributed by atoms with Crippen LogP contribution in [0.15, 0.2) is 54.0 Å². The number of benzene rings is 1. The Morgan fingerprint density at radius 3 is 2.68 bits per heavy atom. The van der Waals surface area contributed by atoms with Gasteiger partial charge in [-0.05, 0) is 30.4 Å². The number of hydrogen-bond acceptors (Lipinski definition) is 5. The van der Waals surface area contributed by atoms with Crippen LogP contribution in [0.2, 0.25) is 0 Å². The summed E-state index contributed by atoms with van der Waals surface area (Å²) in [7, 11) is -3.10. The van der Waals surface area contributed by atoms with Crippen LogP contribution in [0.3, 0.4) is 0 Å². The summed E-state index contributed by atoms with van der Waals surface area (Å²) in [5, 5.41) is 9.53. The molecule has 1 amide bonds. The molecule has 3 aromatic rings. The fraction of sp³-hybridized carbons (Fsp3) is 0.300. The number of aromatic nitrogens is 2. The third-order valence-corrected chi connectivity index (χ3v) is 7.65. The van der Waals surface area contributed by atoms with Crippen molar-refractivity contribution >= 4 is 27.1 Å². The summed E-state index contributed by atoms with van der Waals surface area (Å²) in [6, 6.07) is 13.8. The number of carbonyl (C=O) groups is 1. The van der Waals surface area contributed by atoms with Gasteiger partial charge < -0.3 is 5.32 Å². The second-order valence-electron chi connectivity index (χ2n) is 7.41. The lowest BCUT2D eigenvalue weighted by Crippen LogP contribution is -2.47. The number of carbonyl (C=O) groups excluding carboxylic acids is 1. The average molecular weight is 416 g/mol. The van der Waals surface area contributed by atoms with Gasteiger partial charge in [-0.15, -0.1) is 11.3 Å². The fourth-order valence-corrected chi connectivity index (χ4v) is 6.30. The number of rotatable bonds is 5. The predicted molar refractivity (Wildman–Crippen MR) is 110 cm³/mol. The molecule has 1 fully saturated rings. The minimum Gasteiger partial charge on any atom is -0.346 e. The van der Waals surface area contributed by atoms with Crippen LogP contribution in [0.5, 0.6) is 0 Å². The highest BCUT2D eigenvalue weighted by molar-refractivity contribution is 7.91. The van der Waals surface area contributed by atoms with E-state index in [0.29, 0.717) is 24.2 Å². The number of sulfone groups is 1. The van der Waals surface area contributed by atoms with E-state index in [0.717, 1.165) is 10.4 Å². The van der Waals surface area contributed by atoms with E-state index in [1.54, 1.807) is 17.8 Å². The van der Waals surface area contributed by atoms with Crippen LogP contribution in [0.1, 0.15) is 29.3 Å². The molecule has 0 spiro atoms. The molecule has 0 radical (unpaired) electrons. The molecular weight excluding hydrogens is 394 g/mol. The van der Waals surface area contributed by atoms with E-state index in [1.165, 1.54) is 11.3 Å². The summed E-state index contributed by atoms with van der Waals surface area (Å²) in [5.41, 5.74) is 1.42. The molecule has 1 saturated heterocycles. The second kappa shape index (κ2) is 7.18. The first-order valence-electron chi connectivity index (χ1n) is 9.02.